The van der Waals surface area contributed by atoms with E-state index in [0.717, 1.165) is 18.4 Å². The molecular weight excluding hydrogens is 472 g/mol. The molecule has 2 aromatic rings. The molecule has 1 saturated carbocycles. The summed E-state index contributed by atoms with van der Waals surface area (Å²) in [4.78, 5) is 25.9. The summed E-state index contributed by atoms with van der Waals surface area (Å²) in [6.07, 6.45) is 7.75. The van der Waals surface area contributed by atoms with Crippen molar-refractivity contribution in [2.75, 3.05) is 62.0 Å². The second-order valence-electron chi connectivity index (χ2n) is 8.77. The first-order valence-corrected chi connectivity index (χ1v) is 13.0. The van der Waals surface area contributed by atoms with Gasteiger partial charge < -0.3 is 36.5 Å². The van der Waals surface area contributed by atoms with E-state index in [1.54, 1.807) is 18.2 Å². The van der Waals surface area contributed by atoms with Gasteiger partial charge in [-0.15, -0.1) is 6.58 Å². The van der Waals surface area contributed by atoms with Crippen molar-refractivity contribution in [3.8, 4) is 0 Å². The minimum Gasteiger partial charge on any atom is -0.378 e. The first-order valence-electron chi connectivity index (χ1n) is 13.0. The van der Waals surface area contributed by atoms with E-state index in [4.69, 9.17) is 15.2 Å². The van der Waals surface area contributed by atoms with Crippen LogP contribution in [-0.2, 0) is 16.0 Å². The Bertz CT molecular complexity index is 951. The molecule has 0 saturated heterocycles. The number of aromatic nitrogens is 3. The van der Waals surface area contributed by atoms with Gasteiger partial charge in [-0.05, 0) is 30.5 Å². The molecule has 1 fully saturated rings. The second-order valence-corrected chi connectivity index (χ2v) is 8.77. The van der Waals surface area contributed by atoms with Crippen LogP contribution >= 0.6 is 0 Å². The molecule has 0 bridgehead atoms. The molecule has 0 spiro atoms. The lowest BCUT2D eigenvalue weighted by atomic mass is 9.96. The topological polar surface area (TPSA) is 148 Å². The normalized spacial score (nSPS) is 13.6. The largest absolute Gasteiger partial charge is 0.378 e. The van der Waals surface area contributed by atoms with Gasteiger partial charge in [0.2, 0.25) is 17.8 Å². The summed E-state index contributed by atoms with van der Waals surface area (Å²) in [6.45, 7) is 7.65. The minimum absolute atomic E-state index is 0.142. The zero-order valence-electron chi connectivity index (χ0n) is 21.5. The highest BCUT2D eigenvalue weighted by Crippen LogP contribution is 2.21. The molecule has 1 aliphatic carbocycles. The van der Waals surface area contributed by atoms with Gasteiger partial charge in [0.05, 0.1) is 26.4 Å². The highest BCUT2D eigenvalue weighted by molar-refractivity contribution is 5.94. The van der Waals surface area contributed by atoms with Gasteiger partial charge in [-0.3, -0.25) is 4.79 Å². The maximum atomic E-state index is 12.4. The lowest BCUT2D eigenvalue weighted by Gasteiger charge is -2.23. The zero-order valence-corrected chi connectivity index (χ0v) is 21.5. The fourth-order valence-electron chi connectivity index (χ4n) is 3.89. The molecule has 0 aliphatic heterocycles. The van der Waals surface area contributed by atoms with Crippen LogP contribution in [0, 0.1) is 0 Å². The predicted octanol–water partition coefficient (Wildman–Crippen LogP) is 2.55. The van der Waals surface area contributed by atoms with Crippen LogP contribution in [0.5, 0.6) is 0 Å². The number of nitrogens with two attached hydrogens (primary N) is 1. The number of rotatable bonds is 17. The standard InChI is InChI=1S/C26H40N8O3/c1-2-13-29-24-32-25(34-26(33-24)31-22-6-4-3-5-7-22)30-19-20-8-10-21(11-9-20)23(35)28-14-16-37-18-17-36-15-12-27/h2,8-11,22H,1,3-7,12-19,27H2,(H,28,35)(H3,29,30,31,32,33,34). The summed E-state index contributed by atoms with van der Waals surface area (Å²) in [6, 6.07) is 7.80. The van der Waals surface area contributed by atoms with Gasteiger partial charge in [-0.2, -0.15) is 15.0 Å². The third-order valence-corrected chi connectivity index (χ3v) is 5.81. The fourth-order valence-corrected chi connectivity index (χ4v) is 3.89. The number of hydrogen-bond acceptors (Lipinski definition) is 10. The van der Waals surface area contributed by atoms with Crippen molar-refractivity contribution in [2.45, 2.75) is 44.7 Å². The maximum absolute atomic E-state index is 12.4. The van der Waals surface area contributed by atoms with Crippen LogP contribution in [0.25, 0.3) is 0 Å². The van der Waals surface area contributed by atoms with Gasteiger partial charge in [0.1, 0.15) is 0 Å². The number of amides is 1. The third-order valence-electron chi connectivity index (χ3n) is 5.81. The first kappa shape index (κ1) is 28.3. The van der Waals surface area contributed by atoms with Gasteiger partial charge in [-0.25, -0.2) is 0 Å². The highest BCUT2D eigenvalue weighted by atomic mass is 16.5. The van der Waals surface area contributed by atoms with E-state index in [-0.39, 0.29) is 5.91 Å². The number of nitrogens with zero attached hydrogens (tertiary/aromatic N) is 3. The lowest BCUT2D eigenvalue weighted by molar-refractivity contribution is 0.0511. The molecule has 37 heavy (non-hydrogen) atoms. The highest BCUT2D eigenvalue weighted by Gasteiger charge is 2.15. The van der Waals surface area contributed by atoms with Crippen LogP contribution < -0.4 is 27.0 Å². The summed E-state index contributed by atoms with van der Waals surface area (Å²) < 4.78 is 10.7. The van der Waals surface area contributed by atoms with E-state index in [1.165, 1.54) is 19.3 Å². The van der Waals surface area contributed by atoms with Crippen molar-refractivity contribution in [1.82, 2.24) is 20.3 Å². The Labute approximate surface area is 219 Å². The van der Waals surface area contributed by atoms with E-state index in [0.29, 0.717) is 82.1 Å². The Morgan fingerprint density at radius 2 is 1.62 bits per heavy atom. The molecule has 6 N–H and O–H groups in total. The van der Waals surface area contributed by atoms with Crippen molar-refractivity contribution >= 4 is 23.8 Å². The molecule has 0 atom stereocenters. The monoisotopic (exact) mass is 512 g/mol. The van der Waals surface area contributed by atoms with Crippen molar-refractivity contribution < 1.29 is 14.3 Å². The Balaban J connectivity index is 1.47. The Hall–Kier alpha value is -3.28. The summed E-state index contributed by atoms with van der Waals surface area (Å²) in [5.41, 5.74) is 6.94. The number of nitrogens with one attached hydrogen (secondary N) is 4. The minimum atomic E-state index is -0.142. The molecule has 11 heteroatoms. The van der Waals surface area contributed by atoms with Crippen LogP contribution in [0.3, 0.4) is 0 Å². The Morgan fingerprint density at radius 1 is 0.946 bits per heavy atom. The average molecular weight is 513 g/mol. The van der Waals surface area contributed by atoms with Crippen molar-refractivity contribution in [3.05, 3.63) is 48.0 Å². The summed E-state index contributed by atoms with van der Waals surface area (Å²) >= 11 is 0. The third kappa shape index (κ3) is 10.7. The van der Waals surface area contributed by atoms with E-state index in [9.17, 15) is 4.79 Å². The summed E-state index contributed by atoms with van der Waals surface area (Å²) in [7, 11) is 0. The molecule has 0 unspecified atom stereocenters. The Kier molecular flexibility index (Phi) is 12.6. The van der Waals surface area contributed by atoms with Crippen LogP contribution in [0.15, 0.2) is 36.9 Å². The van der Waals surface area contributed by atoms with Gasteiger partial charge in [0.25, 0.3) is 5.91 Å². The van der Waals surface area contributed by atoms with E-state index in [1.807, 2.05) is 12.1 Å². The van der Waals surface area contributed by atoms with E-state index < -0.39 is 0 Å². The van der Waals surface area contributed by atoms with Crippen molar-refractivity contribution in [3.63, 3.8) is 0 Å². The van der Waals surface area contributed by atoms with Crippen molar-refractivity contribution in [2.24, 2.45) is 5.73 Å². The molecule has 1 amide bonds. The summed E-state index contributed by atoms with van der Waals surface area (Å²) in [5.74, 6) is 1.40. The smallest absolute Gasteiger partial charge is 0.251 e. The van der Waals surface area contributed by atoms with Gasteiger partial charge >= 0.3 is 0 Å². The van der Waals surface area contributed by atoms with Crippen LogP contribution in [0.4, 0.5) is 17.8 Å². The zero-order chi connectivity index (χ0) is 26.1. The number of carbonyl (C=O) groups excluding carboxylic acids is 1. The molecular formula is C26H40N8O3. The number of anilines is 3. The molecule has 1 aromatic heterocycles. The molecule has 1 aromatic carbocycles. The van der Waals surface area contributed by atoms with Crippen LogP contribution in [0.1, 0.15) is 48.0 Å². The molecule has 1 heterocycles. The van der Waals surface area contributed by atoms with E-state index >= 15 is 0 Å². The van der Waals surface area contributed by atoms with Crippen LogP contribution in [-0.4, -0.2) is 73.0 Å². The van der Waals surface area contributed by atoms with Crippen LogP contribution in [0.2, 0.25) is 0 Å². The number of benzene rings is 1. The first-order chi connectivity index (χ1) is 18.2. The fraction of sp³-hybridized carbons (Fsp3) is 0.538. The van der Waals surface area contributed by atoms with Gasteiger partial charge in [0, 0.05) is 37.8 Å². The molecule has 3 rings (SSSR count). The molecule has 0 radical (unpaired) electrons. The van der Waals surface area contributed by atoms with E-state index in [2.05, 4.69) is 42.8 Å². The molecule has 11 nitrogen and oxygen atoms in total. The van der Waals surface area contributed by atoms with Gasteiger partial charge in [0.15, 0.2) is 0 Å². The summed E-state index contributed by atoms with van der Waals surface area (Å²) in [5, 5.41) is 12.7. The average Bonchev–Trinajstić information content (AvgIpc) is 2.93. The van der Waals surface area contributed by atoms with Crippen molar-refractivity contribution in [1.29, 1.82) is 0 Å². The quantitative estimate of drug-likeness (QED) is 0.158. The lowest BCUT2D eigenvalue weighted by Crippen LogP contribution is -2.27. The Morgan fingerprint density at radius 3 is 2.32 bits per heavy atom. The maximum Gasteiger partial charge on any atom is 0.251 e. The molecule has 1 aliphatic rings. The number of carbonyl (C=O) groups is 1. The van der Waals surface area contributed by atoms with Gasteiger partial charge in [-0.1, -0.05) is 37.5 Å². The second kappa shape index (κ2) is 16.5. The number of hydrogen-bond donors (Lipinski definition) is 5. The SMILES string of the molecule is C=CCNc1nc(NCc2ccc(C(=O)NCCOCCOCCN)cc2)nc(NC2CCCCC2)n1. The number of ether oxygens (including phenoxy) is 2. The molecule has 202 valence electrons. The predicted molar refractivity (Wildman–Crippen MR) is 146 cm³/mol.